The van der Waals surface area contributed by atoms with Gasteiger partial charge in [-0.1, -0.05) is 13.0 Å². The number of anilines is 1. The number of piperidine rings is 2. The number of hydrogen-bond acceptors (Lipinski definition) is 6. The molecule has 0 radical (unpaired) electrons. The Morgan fingerprint density at radius 1 is 1.28 bits per heavy atom. The summed E-state index contributed by atoms with van der Waals surface area (Å²) in [6.07, 6.45) is 9.61. The number of carbonyl (C=O) groups excluding carboxylic acids is 1. The molecule has 2 aliphatic heterocycles. The molecule has 6 nitrogen and oxygen atoms in total. The zero-order valence-electron chi connectivity index (χ0n) is 17.2. The van der Waals surface area contributed by atoms with E-state index in [4.69, 9.17) is 0 Å². The van der Waals surface area contributed by atoms with Gasteiger partial charge in [0.05, 0.1) is 18.2 Å². The van der Waals surface area contributed by atoms with Gasteiger partial charge in [-0.05, 0) is 56.1 Å². The highest BCUT2D eigenvalue weighted by Gasteiger charge is 2.29. The van der Waals surface area contributed by atoms with Crippen LogP contribution in [0.3, 0.4) is 0 Å². The third-order valence-electron chi connectivity index (χ3n) is 6.27. The minimum Gasteiger partial charge on any atom is -0.355 e. The number of amides is 1. The first-order valence-electron chi connectivity index (χ1n) is 10.8. The average Bonchev–Trinajstić information content (AvgIpc) is 3.30. The zero-order valence-corrected chi connectivity index (χ0v) is 18.0. The standard InChI is InChI=1S/C22H31N5OS/c1-17-6-11-26(12-7-17)19(20-5-3-13-29-20)14-25-22(28)18-4-2-10-27(16-18)21-15-23-8-9-24-21/h3,5,8-9,13,15,17-19H,2,4,6-7,10-12,14,16H2,1H3,(H,25,28). The molecule has 7 heteroatoms. The molecule has 2 saturated heterocycles. The Bertz CT molecular complexity index is 761. The Morgan fingerprint density at radius 2 is 2.14 bits per heavy atom. The topological polar surface area (TPSA) is 61.4 Å². The van der Waals surface area contributed by atoms with Crippen LogP contribution in [0.15, 0.2) is 36.1 Å². The summed E-state index contributed by atoms with van der Waals surface area (Å²) in [6, 6.07) is 4.60. The molecule has 0 aromatic carbocycles. The van der Waals surface area contributed by atoms with E-state index in [-0.39, 0.29) is 17.9 Å². The van der Waals surface area contributed by atoms with Gasteiger partial charge < -0.3 is 10.2 Å². The van der Waals surface area contributed by atoms with Gasteiger partial charge >= 0.3 is 0 Å². The first kappa shape index (κ1) is 20.3. The lowest BCUT2D eigenvalue weighted by molar-refractivity contribution is -0.125. The predicted octanol–water partition coefficient (Wildman–Crippen LogP) is 3.34. The second-order valence-electron chi connectivity index (χ2n) is 8.34. The lowest BCUT2D eigenvalue weighted by Gasteiger charge is -2.37. The van der Waals surface area contributed by atoms with Crippen LogP contribution in [0.2, 0.25) is 0 Å². The van der Waals surface area contributed by atoms with Crippen molar-refractivity contribution in [3.63, 3.8) is 0 Å². The minimum atomic E-state index is 0.0103. The quantitative estimate of drug-likeness (QED) is 0.787. The fraction of sp³-hybridized carbons (Fsp3) is 0.591. The maximum absolute atomic E-state index is 13.0. The Labute approximate surface area is 177 Å². The Balaban J connectivity index is 1.36. The summed E-state index contributed by atoms with van der Waals surface area (Å²) in [5, 5.41) is 5.42. The fourth-order valence-corrected chi connectivity index (χ4v) is 5.29. The molecule has 156 valence electrons. The van der Waals surface area contributed by atoms with Crippen LogP contribution in [0.5, 0.6) is 0 Å². The molecular weight excluding hydrogens is 382 g/mol. The van der Waals surface area contributed by atoms with Crippen molar-refractivity contribution < 1.29 is 4.79 Å². The maximum atomic E-state index is 13.0. The van der Waals surface area contributed by atoms with Crippen molar-refractivity contribution in [2.45, 2.75) is 38.6 Å². The van der Waals surface area contributed by atoms with Crippen molar-refractivity contribution in [1.82, 2.24) is 20.2 Å². The molecule has 2 fully saturated rings. The normalized spacial score (nSPS) is 22.4. The van der Waals surface area contributed by atoms with Crippen molar-refractivity contribution >= 4 is 23.1 Å². The number of rotatable bonds is 6. The van der Waals surface area contributed by atoms with E-state index in [0.29, 0.717) is 6.54 Å². The van der Waals surface area contributed by atoms with E-state index < -0.39 is 0 Å². The molecule has 2 atom stereocenters. The van der Waals surface area contributed by atoms with Crippen LogP contribution in [0.25, 0.3) is 0 Å². The molecule has 2 aromatic heterocycles. The van der Waals surface area contributed by atoms with E-state index in [1.807, 2.05) is 0 Å². The fourth-order valence-electron chi connectivity index (χ4n) is 4.43. The summed E-state index contributed by atoms with van der Waals surface area (Å²) in [6.45, 7) is 6.91. The summed E-state index contributed by atoms with van der Waals surface area (Å²) < 4.78 is 0. The third-order valence-corrected chi connectivity index (χ3v) is 7.24. The first-order valence-corrected chi connectivity index (χ1v) is 11.6. The highest BCUT2D eigenvalue weighted by Crippen LogP contribution is 2.29. The summed E-state index contributed by atoms with van der Waals surface area (Å²) >= 11 is 1.79. The van der Waals surface area contributed by atoms with Crippen molar-refractivity contribution in [3.8, 4) is 0 Å². The van der Waals surface area contributed by atoms with E-state index in [0.717, 1.165) is 50.8 Å². The van der Waals surface area contributed by atoms with E-state index in [1.54, 1.807) is 29.9 Å². The van der Waals surface area contributed by atoms with E-state index >= 15 is 0 Å². The molecule has 0 aliphatic carbocycles. The Hall–Kier alpha value is -1.99. The number of carbonyl (C=O) groups is 1. The zero-order chi connectivity index (χ0) is 20.1. The second kappa shape index (κ2) is 9.67. The van der Waals surface area contributed by atoms with Gasteiger partial charge in [-0.3, -0.25) is 14.7 Å². The van der Waals surface area contributed by atoms with Crippen LogP contribution in [0, 0.1) is 11.8 Å². The predicted molar refractivity (Wildman–Crippen MR) is 117 cm³/mol. The van der Waals surface area contributed by atoms with Gasteiger partial charge in [-0.25, -0.2) is 4.98 Å². The Morgan fingerprint density at radius 3 is 2.86 bits per heavy atom. The second-order valence-corrected chi connectivity index (χ2v) is 9.32. The van der Waals surface area contributed by atoms with Crippen molar-refractivity contribution in [1.29, 1.82) is 0 Å². The van der Waals surface area contributed by atoms with Crippen molar-refractivity contribution in [2.75, 3.05) is 37.6 Å². The monoisotopic (exact) mass is 413 g/mol. The summed E-state index contributed by atoms with van der Waals surface area (Å²) in [7, 11) is 0. The lowest BCUT2D eigenvalue weighted by atomic mass is 9.96. The molecule has 2 unspecified atom stereocenters. The third kappa shape index (κ3) is 5.14. The Kier molecular flexibility index (Phi) is 6.77. The molecule has 0 spiro atoms. The van der Waals surface area contributed by atoms with Gasteiger partial charge in [0.25, 0.3) is 0 Å². The largest absolute Gasteiger partial charge is 0.355 e. The van der Waals surface area contributed by atoms with Gasteiger partial charge in [0.2, 0.25) is 5.91 Å². The molecule has 1 N–H and O–H groups in total. The van der Waals surface area contributed by atoms with Gasteiger partial charge in [0.15, 0.2) is 0 Å². The number of nitrogens with one attached hydrogen (secondary N) is 1. The molecule has 2 aliphatic rings. The highest BCUT2D eigenvalue weighted by molar-refractivity contribution is 7.10. The van der Waals surface area contributed by atoms with E-state index in [9.17, 15) is 4.79 Å². The van der Waals surface area contributed by atoms with E-state index in [1.165, 1.54) is 17.7 Å². The van der Waals surface area contributed by atoms with Crippen LogP contribution >= 0.6 is 11.3 Å². The van der Waals surface area contributed by atoms with Crippen LogP contribution in [-0.4, -0.2) is 53.5 Å². The molecule has 29 heavy (non-hydrogen) atoms. The molecule has 4 rings (SSSR count). The highest BCUT2D eigenvalue weighted by atomic mass is 32.1. The van der Waals surface area contributed by atoms with E-state index in [2.05, 4.69) is 49.5 Å². The van der Waals surface area contributed by atoms with Crippen LogP contribution in [-0.2, 0) is 4.79 Å². The molecular formula is C22H31N5OS. The first-order chi connectivity index (χ1) is 14.2. The van der Waals surface area contributed by atoms with Crippen LogP contribution < -0.4 is 10.2 Å². The number of likely N-dealkylation sites (tertiary alicyclic amines) is 1. The smallest absolute Gasteiger partial charge is 0.224 e. The van der Waals surface area contributed by atoms with Gasteiger partial charge in [-0.15, -0.1) is 11.3 Å². The van der Waals surface area contributed by atoms with Crippen molar-refractivity contribution in [3.05, 3.63) is 41.0 Å². The summed E-state index contributed by atoms with van der Waals surface area (Å²) in [5.41, 5.74) is 0. The molecule has 0 bridgehead atoms. The number of hydrogen-bond donors (Lipinski definition) is 1. The molecule has 4 heterocycles. The number of thiophene rings is 1. The minimum absolute atomic E-state index is 0.0103. The molecule has 1 amide bonds. The SMILES string of the molecule is CC1CCN(C(CNC(=O)C2CCCN(c3cnccn3)C2)c2cccs2)CC1. The van der Waals surface area contributed by atoms with Gasteiger partial charge in [-0.2, -0.15) is 0 Å². The van der Waals surface area contributed by atoms with Crippen LogP contribution in [0.1, 0.15) is 43.5 Å². The number of nitrogens with zero attached hydrogens (tertiary/aromatic N) is 4. The van der Waals surface area contributed by atoms with Crippen LogP contribution in [0.4, 0.5) is 5.82 Å². The summed E-state index contributed by atoms with van der Waals surface area (Å²) in [5.74, 6) is 1.85. The molecule has 2 aromatic rings. The average molecular weight is 414 g/mol. The lowest BCUT2D eigenvalue weighted by Crippen LogP contribution is -2.46. The summed E-state index contributed by atoms with van der Waals surface area (Å²) in [4.78, 5) is 27.6. The van der Waals surface area contributed by atoms with Crippen molar-refractivity contribution in [2.24, 2.45) is 11.8 Å². The maximum Gasteiger partial charge on any atom is 0.224 e. The number of aromatic nitrogens is 2. The van der Waals surface area contributed by atoms with Gasteiger partial charge in [0, 0.05) is 36.9 Å². The van der Waals surface area contributed by atoms with Gasteiger partial charge in [0.1, 0.15) is 5.82 Å². The molecule has 0 saturated carbocycles.